The molecule has 3 aromatic carbocycles. The summed E-state index contributed by atoms with van der Waals surface area (Å²) >= 11 is 0. The largest absolute Gasteiger partial charge is 0.361 e. The smallest absolute Gasteiger partial charge is 0.216 e. The molecule has 3 heterocycles. The summed E-state index contributed by atoms with van der Waals surface area (Å²) in [6.07, 6.45) is 25.9. The number of allylic oxidation sites excluding steroid dienone is 8. The number of hydrogen-bond acceptors (Lipinski definition) is 2. The van der Waals surface area contributed by atoms with Crippen molar-refractivity contribution in [3.63, 3.8) is 0 Å². The van der Waals surface area contributed by atoms with E-state index in [0.29, 0.717) is 36.3 Å². The summed E-state index contributed by atoms with van der Waals surface area (Å²) in [5.41, 5.74) is 16.7. The molecule has 1 saturated heterocycles. The molecule has 0 spiro atoms. The Labute approximate surface area is 381 Å². The molecular weight excluding hydrogens is 759 g/mol. The van der Waals surface area contributed by atoms with Gasteiger partial charge in [0, 0.05) is 40.5 Å². The summed E-state index contributed by atoms with van der Waals surface area (Å²) in [6.45, 7) is 31.8. The van der Waals surface area contributed by atoms with Gasteiger partial charge in [-0.05, 0) is 111 Å². The lowest BCUT2D eigenvalue weighted by Gasteiger charge is -2.60. The Morgan fingerprint density at radius 1 is 0.619 bits per heavy atom. The number of anilines is 2. The van der Waals surface area contributed by atoms with Crippen LogP contribution in [0, 0.1) is 22.7 Å². The molecule has 0 amide bonds. The van der Waals surface area contributed by atoms with Crippen LogP contribution in [0.15, 0.2) is 155 Å². The van der Waals surface area contributed by atoms with Crippen molar-refractivity contribution in [2.24, 2.45) is 22.7 Å². The highest BCUT2D eigenvalue weighted by Gasteiger charge is 2.63. The van der Waals surface area contributed by atoms with Crippen molar-refractivity contribution >= 4 is 18.1 Å². The molecule has 1 fully saturated rings. The normalized spacial score (nSPS) is 28.4. The fourth-order valence-corrected chi connectivity index (χ4v) is 13.3. The van der Waals surface area contributed by atoms with Gasteiger partial charge in [0.05, 0.1) is 6.04 Å². The average Bonchev–Trinajstić information content (AvgIpc) is 3.58. The number of nitrogens with zero attached hydrogens (tertiary/aromatic N) is 2. The van der Waals surface area contributed by atoms with Crippen LogP contribution in [0.25, 0.3) is 0 Å². The first-order valence-corrected chi connectivity index (χ1v) is 24.4. The predicted octanol–water partition coefficient (Wildman–Crippen LogP) is 15.0. The molecule has 63 heavy (non-hydrogen) atoms. The van der Waals surface area contributed by atoms with Crippen molar-refractivity contribution < 1.29 is 0 Å². The van der Waals surface area contributed by atoms with Crippen LogP contribution in [-0.2, 0) is 16.2 Å². The minimum Gasteiger partial charge on any atom is -0.361 e. The number of hydrogen-bond donors (Lipinski definition) is 0. The second-order valence-corrected chi connectivity index (χ2v) is 24.7. The van der Waals surface area contributed by atoms with Gasteiger partial charge in [0.15, 0.2) is 0 Å². The Morgan fingerprint density at radius 2 is 1.30 bits per heavy atom. The molecule has 8 atom stereocenters. The molecule has 0 aromatic heterocycles. The lowest BCUT2D eigenvalue weighted by Crippen LogP contribution is -2.65. The Bertz CT molecular complexity index is 2530. The summed E-state index contributed by atoms with van der Waals surface area (Å²) in [4.78, 5) is 5.88. The minimum atomic E-state index is -0.202. The molecule has 0 N–H and O–H groups in total. The van der Waals surface area contributed by atoms with Crippen LogP contribution in [0.5, 0.6) is 0 Å². The Morgan fingerprint density at radius 3 is 1.94 bits per heavy atom. The maximum atomic E-state index is 3.03. The standard InChI is InChI=1S/C60H73BN2/c1-56(2,3)38-24-28-44(29-25-38)62-50-35-42(58(7,8)9)26-31-47(50)61-48-32-30-46(59(10,11)12)53-45-34-41(57(4,5)6)27-33-49(45)63(55(48)53)52-37-43(36-51(62)54(52)61)60(13,39-20-16-14-17-21-39)40-22-18-15-19-23-40/h14-22,24-34,36,40,46,48,50,52-53,55H,23,35,37H2,1-13H3. The van der Waals surface area contributed by atoms with E-state index in [4.69, 9.17) is 0 Å². The van der Waals surface area contributed by atoms with Crippen molar-refractivity contribution in [1.82, 2.24) is 0 Å². The number of rotatable bonds is 4. The van der Waals surface area contributed by atoms with Crippen LogP contribution in [0.2, 0.25) is 5.82 Å². The third kappa shape index (κ3) is 6.71. The fraction of sp³-hybridized carbons (Fsp3) is 0.467. The van der Waals surface area contributed by atoms with Crippen molar-refractivity contribution in [2.75, 3.05) is 9.80 Å². The van der Waals surface area contributed by atoms with Crippen LogP contribution in [-0.4, -0.2) is 24.8 Å². The second kappa shape index (κ2) is 14.5. The van der Waals surface area contributed by atoms with Gasteiger partial charge in [-0.25, -0.2) is 0 Å². The highest BCUT2D eigenvalue weighted by Crippen LogP contribution is 2.65. The second-order valence-electron chi connectivity index (χ2n) is 24.7. The maximum Gasteiger partial charge on any atom is 0.216 e. The van der Waals surface area contributed by atoms with Gasteiger partial charge in [0.1, 0.15) is 0 Å². The Kier molecular flexibility index (Phi) is 9.78. The van der Waals surface area contributed by atoms with Crippen LogP contribution in [0.4, 0.5) is 11.4 Å². The third-order valence-electron chi connectivity index (χ3n) is 16.9. The maximum absolute atomic E-state index is 3.03. The van der Waals surface area contributed by atoms with Crippen LogP contribution in [0.3, 0.4) is 0 Å². The predicted molar refractivity (Wildman–Crippen MR) is 271 cm³/mol. The summed E-state index contributed by atoms with van der Waals surface area (Å²) in [6, 6.07) is 29.8. The molecule has 7 aliphatic rings. The van der Waals surface area contributed by atoms with Gasteiger partial charge in [-0.15, -0.1) is 0 Å². The monoisotopic (exact) mass is 833 g/mol. The van der Waals surface area contributed by atoms with E-state index in [1.807, 2.05) is 0 Å². The Hall–Kier alpha value is -4.50. The molecule has 2 nitrogen and oxygen atoms in total. The quantitative estimate of drug-likeness (QED) is 0.191. The molecule has 3 aromatic rings. The van der Waals surface area contributed by atoms with Gasteiger partial charge >= 0.3 is 0 Å². The van der Waals surface area contributed by atoms with Gasteiger partial charge in [0.2, 0.25) is 6.71 Å². The van der Waals surface area contributed by atoms with E-state index in [1.165, 1.54) is 33.8 Å². The van der Waals surface area contributed by atoms with Gasteiger partial charge in [0.25, 0.3) is 0 Å². The average molecular weight is 833 g/mol. The lowest BCUT2D eigenvalue weighted by atomic mass is 9.24. The third-order valence-corrected chi connectivity index (χ3v) is 16.9. The molecule has 8 unspecified atom stereocenters. The molecule has 326 valence electrons. The van der Waals surface area contributed by atoms with Crippen molar-refractivity contribution in [3.05, 3.63) is 178 Å². The summed E-state index contributed by atoms with van der Waals surface area (Å²) in [5, 5.41) is 0. The number of benzene rings is 3. The van der Waals surface area contributed by atoms with Gasteiger partial charge < -0.3 is 9.80 Å². The van der Waals surface area contributed by atoms with Gasteiger partial charge in [-0.2, -0.15) is 0 Å². The molecular formula is C60H73BN2. The van der Waals surface area contributed by atoms with Crippen molar-refractivity contribution in [3.8, 4) is 0 Å². The zero-order chi connectivity index (χ0) is 44.6. The molecule has 4 aliphatic carbocycles. The topological polar surface area (TPSA) is 6.48 Å². The fourth-order valence-electron chi connectivity index (χ4n) is 13.3. The summed E-state index contributed by atoms with van der Waals surface area (Å²) in [7, 11) is 0. The van der Waals surface area contributed by atoms with E-state index >= 15 is 0 Å². The molecule has 10 rings (SSSR count). The van der Waals surface area contributed by atoms with E-state index in [0.717, 1.165) is 19.3 Å². The zero-order valence-corrected chi connectivity index (χ0v) is 40.8. The first-order valence-electron chi connectivity index (χ1n) is 24.4. The lowest BCUT2D eigenvalue weighted by molar-refractivity contribution is 0.221. The van der Waals surface area contributed by atoms with Crippen LogP contribution < -0.4 is 9.80 Å². The van der Waals surface area contributed by atoms with E-state index in [9.17, 15) is 0 Å². The SMILES string of the molecule is CC(C)(C)C1=CC=C2B3C4=C(C=C(C(C)(c5ccccc5)C5C=CC=CC5)CC4N4c5ccc(C(C)(C)C)cc5C5C4C3C=CC5C(C)(C)C)N(c3ccc(C(C)(C)C)cc3)C2C1. The van der Waals surface area contributed by atoms with Gasteiger partial charge in [-0.1, -0.05) is 210 Å². The van der Waals surface area contributed by atoms with Crippen LogP contribution in [0.1, 0.15) is 137 Å². The first kappa shape index (κ1) is 42.5. The Balaban J connectivity index is 1.28. The zero-order valence-electron chi connectivity index (χ0n) is 40.8. The summed E-state index contributed by atoms with van der Waals surface area (Å²) < 4.78 is 0. The highest BCUT2D eigenvalue weighted by atomic mass is 15.3. The molecule has 0 saturated carbocycles. The van der Waals surface area contributed by atoms with Crippen molar-refractivity contribution in [2.45, 2.75) is 155 Å². The van der Waals surface area contributed by atoms with Crippen molar-refractivity contribution in [1.29, 1.82) is 0 Å². The minimum absolute atomic E-state index is 0.0728. The molecule has 3 aliphatic heterocycles. The highest BCUT2D eigenvalue weighted by molar-refractivity contribution is 6.78. The molecule has 0 radical (unpaired) electrons. The van der Waals surface area contributed by atoms with E-state index < -0.39 is 0 Å². The van der Waals surface area contributed by atoms with E-state index in [1.54, 1.807) is 27.7 Å². The molecule has 0 bridgehead atoms. The van der Waals surface area contributed by atoms with E-state index in [2.05, 4.69) is 227 Å². The summed E-state index contributed by atoms with van der Waals surface area (Å²) in [5.74, 6) is 1.60. The van der Waals surface area contributed by atoms with Crippen LogP contribution >= 0.6 is 0 Å². The van der Waals surface area contributed by atoms with E-state index in [-0.39, 0.29) is 39.2 Å². The van der Waals surface area contributed by atoms with Gasteiger partial charge in [-0.3, -0.25) is 0 Å². The number of fused-ring (bicyclic) bond motifs is 7. The molecule has 3 heteroatoms. The first-order chi connectivity index (χ1) is 29.7.